The van der Waals surface area contributed by atoms with Crippen LogP contribution in [0.1, 0.15) is 48.5 Å². The molecule has 1 aliphatic heterocycles. The number of nitrogens with one attached hydrogen (secondary N) is 2. The van der Waals surface area contributed by atoms with Gasteiger partial charge in [0.25, 0.3) is 5.91 Å². The highest BCUT2D eigenvalue weighted by molar-refractivity contribution is 6.09. The average Bonchev–Trinajstić information content (AvgIpc) is 3.39. The molecule has 0 saturated heterocycles. The van der Waals surface area contributed by atoms with Crippen LogP contribution in [0.3, 0.4) is 0 Å². The molecule has 3 aromatic rings. The van der Waals surface area contributed by atoms with Gasteiger partial charge in [0, 0.05) is 46.6 Å². The van der Waals surface area contributed by atoms with Gasteiger partial charge in [-0.05, 0) is 50.1 Å². The number of methoxy groups -OCH3 is 1. The van der Waals surface area contributed by atoms with Crippen molar-refractivity contribution in [1.29, 1.82) is 0 Å². The zero-order chi connectivity index (χ0) is 24.5. The summed E-state index contributed by atoms with van der Waals surface area (Å²) in [6.45, 7) is 3.80. The summed E-state index contributed by atoms with van der Waals surface area (Å²) in [5.41, 5.74) is 4.36. The Labute approximate surface area is 203 Å². The minimum atomic E-state index is -0.571. The maximum absolute atomic E-state index is 13.6. The first kappa shape index (κ1) is 22.7. The molecule has 0 spiro atoms. The second kappa shape index (κ2) is 9.25. The Kier molecular flexibility index (Phi) is 5.99. The first-order valence-electron chi connectivity index (χ1n) is 11.6. The summed E-state index contributed by atoms with van der Waals surface area (Å²) in [5, 5.41) is 6.29. The van der Waals surface area contributed by atoms with E-state index in [1.54, 1.807) is 25.6 Å². The Morgan fingerprint density at radius 2 is 1.94 bits per heavy atom. The normalized spacial score (nSPS) is 19.8. The Morgan fingerprint density at radius 3 is 2.66 bits per heavy atom. The topological polar surface area (TPSA) is 93.5 Å². The number of pyridine rings is 1. The lowest BCUT2D eigenvalue weighted by Gasteiger charge is -2.36. The van der Waals surface area contributed by atoms with Gasteiger partial charge in [0.05, 0.1) is 19.3 Å². The molecule has 2 aromatic heterocycles. The Hall–Kier alpha value is -4.13. The number of Topliss-reactive ketones (excluding diaryl/α,β-unsaturated/α-hetero) is 1. The van der Waals surface area contributed by atoms with Crippen LogP contribution in [0.5, 0.6) is 5.75 Å². The number of para-hydroxylation sites is 1. The van der Waals surface area contributed by atoms with Crippen LogP contribution < -0.4 is 15.4 Å². The predicted molar refractivity (Wildman–Crippen MR) is 132 cm³/mol. The number of anilines is 1. The summed E-state index contributed by atoms with van der Waals surface area (Å²) in [4.78, 5) is 31.6. The SMILES string of the molecule is COc1ccccc1[C@@H]1C(C(=O)Nc2ccc(C)cn2)=C(C)NC2=C1C(=O)C[C@@H](c1ccco1)C2. The van der Waals surface area contributed by atoms with Crippen LogP contribution >= 0.6 is 0 Å². The van der Waals surface area contributed by atoms with Crippen molar-refractivity contribution in [3.05, 3.63) is 100 Å². The van der Waals surface area contributed by atoms with E-state index in [9.17, 15) is 9.59 Å². The molecule has 2 aliphatic rings. The van der Waals surface area contributed by atoms with Crippen LogP contribution in [0.4, 0.5) is 5.82 Å². The number of aryl methyl sites for hydroxylation is 1. The van der Waals surface area contributed by atoms with Crippen LogP contribution in [0, 0.1) is 6.92 Å². The smallest absolute Gasteiger partial charge is 0.255 e. The van der Waals surface area contributed by atoms with Gasteiger partial charge < -0.3 is 19.8 Å². The predicted octanol–water partition coefficient (Wildman–Crippen LogP) is 4.99. The van der Waals surface area contributed by atoms with Gasteiger partial charge in [0.1, 0.15) is 17.3 Å². The molecule has 0 radical (unpaired) electrons. The first-order chi connectivity index (χ1) is 17.0. The Morgan fingerprint density at radius 1 is 1.11 bits per heavy atom. The van der Waals surface area contributed by atoms with E-state index >= 15 is 0 Å². The van der Waals surface area contributed by atoms with E-state index in [-0.39, 0.29) is 17.6 Å². The third-order valence-electron chi connectivity index (χ3n) is 6.62. The molecule has 35 heavy (non-hydrogen) atoms. The zero-order valence-corrected chi connectivity index (χ0v) is 19.9. The molecule has 178 valence electrons. The molecule has 7 nitrogen and oxygen atoms in total. The molecular weight excluding hydrogens is 442 g/mol. The van der Waals surface area contributed by atoms with Gasteiger partial charge in [0.15, 0.2) is 5.78 Å². The summed E-state index contributed by atoms with van der Waals surface area (Å²) in [5.74, 6) is 0.916. The highest BCUT2D eigenvalue weighted by Crippen LogP contribution is 2.47. The van der Waals surface area contributed by atoms with Crippen molar-refractivity contribution >= 4 is 17.5 Å². The number of amides is 1. The van der Waals surface area contributed by atoms with E-state index < -0.39 is 5.92 Å². The van der Waals surface area contributed by atoms with E-state index in [1.807, 2.05) is 56.3 Å². The number of benzene rings is 1. The van der Waals surface area contributed by atoms with Crippen molar-refractivity contribution in [3.63, 3.8) is 0 Å². The fraction of sp³-hybridized carbons (Fsp3) is 0.250. The molecule has 3 heterocycles. The Bertz CT molecular complexity index is 1340. The lowest BCUT2D eigenvalue weighted by atomic mass is 9.72. The van der Waals surface area contributed by atoms with Gasteiger partial charge in [0.2, 0.25) is 0 Å². The van der Waals surface area contributed by atoms with E-state index in [0.29, 0.717) is 41.3 Å². The van der Waals surface area contributed by atoms with Crippen LogP contribution in [-0.4, -0.2) is 23.8 Å². The number of nitrogens with zero attached hydrogens (tertiary/aromatic N) is 1. The van der Waals surface area contributed by atoms with Gasteiger partial charge in [-0.1, -0.05) is 24.3 Å². The van der Waals surface area contributed by atoms with E-state index in [1.165, 1.54) is 0 Å². The van der Waals surface area contributed by atoms with Gasteiger partial charge in [-0.25, -0.2) is 4.98 Å². The van der Waals surface area contributed by atoms with Crippen molar-refractivity contribution < 1.29 is 18.7 Å². The summed E-state index contributed by atoms with van der Waals surface area (Å²) in [7, 11) is 1.59. The fourth-order valence-electron chi connectivity index (χ4n) is 5.01. The molecule has 1 aliphatic carbocycles. The molecule has 7 heteroatoms. The molecule has 0 bridgehead atoms. The number of hydrogen-bond donors (Lipinski definition) is 2. The fourth-order valence-corrected chi connectivity index (χ4v) is 5.01. The van der Waals surface area contributed by atoms with Gasteiger partial charge >= 0.3 is 0 Å². The number of ketones is 1. The number of allylic oxidation sites excluding steroid dienone is 3. The monoisotopic (exact) mass is 469 g/mol. The largest absolute Gasteiger partial charge is 0.496 e. The summed E-state index contributed by atoms with van der Waals surface area (Å²) < 4.78 is 11.3. The minimum Gasteiger partial charge on any atom is -0.496 e. The van der Waals surface area contributed by atoms with Gasteiger partial charge in [-0.3, -0.25) is 9.59 Å². The number of rotatable bonds is 5. The number of carbonyl (C=O) groups is 2. The molecule has 5 rings (SSSR count). The summed E-state index contributed by atoms with van der Waals surface area (Å²) >= 11 is 0. The Balaban J connectivity index is 1.59. The molecular formula is C28H27N3O4. The number of hydrogen-bond acceptors (Lipinski definition) is 6. The lowest BCUT2D eigenvalue weighted by Crippen LogP contribution is -2.37. The third kappa shape index (κ3) is 4.25. The second-order valence-corrected chi connectivity index (χ2v) is 8.95. The molecule has 1 aromatic carbocycles. The third-order valence-corrected chi connectivity index (χ3v) is 6.62. The van der Waals surface area contributed by atoms with Gasteiger partial charge in [-0.15, -0.1) is 0 Å². The minimum absolute atomic E-state index is 0.0117. The van der Waals surface area contributed by atoms with Crippen molar-refractivity contribution in [3.8, 4) is 5.75 Å². The summed E-state index contributed by atoms with van der Waals surface area (Å²) in [6, 6.07) is 14.9. The number of furan rings is 1. The maximum atomic E-state index is 13.6. The molecule has 1 amide bonds. The van der Waals surface area contributed by atoms with Crippen LogP contribution in [0.2, 0.25) is 0 Å². The van der Waals surface area contributed by atoms with Crippen LogP contribution in [0.25, 0.3) is 0 Å². The van der Waals surface area contributed by atoms with Crippen molar-refractivity contribution in [1.82, 2.24) is 10.3 Å². The molecule has 2 atom stereocenters. The molecule has 0 unspecified atom stereocenters. The highest BCUT2D eigenvalue weighted by Gasteiger charge is 2.42. The van der Waals surface area contributed by atoms with E-state index in [0.717, 1.165) is 22.6 Å². The molecule has 2 N–H and O–H groups in total. The van der Waals surface area contributed by atoms with Crippen LogP contribution in [0.15, 0.2) is 87.9 Å². The zero-order valence-electron chi connectivity index (χ0n) is 19.9. The number of carbonyl (C=O) groups excluding carboxylic acids is 2. The number of aromatic nitrogens is 1. The summed E-state index contributed by atoms with van der Waals surface area (Å²) in [6.07, 6.45) is 4.26. The van der Waals surface area contributed by atoms with E-state index in [4.69, 9.17) is 9.15 Å². The molecule has 0 fully saturated rings. The maximum Gasteiger partial charge on any atom is 0.255 e. The number of ether oxygens (including phenoxy) is 1. The van der Waals surface area contributed by atoms with Crippen LogP contribution in [-0.2, 0) is 9.59 Å². The van der Waals surface area contributed by atoms with Crippen molar-refractivity contribution in [2.24, 2.45) is 0 Å². The van der Waals surface area contributed by atoms with Gasteiger partial charge in [-0.2, -0.15) is 0 Å². The van der Waals surface area contributed by atoms with Crippen molar-refractivity contribution in [2.75, 3.05) is 12.4 Å². The first-order valence-corrected chi connectivity index (χ1v) is 11.6. The quantitative estimate of drug-likeness (QED) is 0.547. The molecule has 0 saturated carbocycles. The van der Waals surface area contributed by atoms with Crippen molar-refractivity contribution in [2.45, 2.75) is 38.5 Å². The van der Waals surface area contributed by atoms with E-state index in [2.05, 4.69) is 15.6 Å². The number of dihydropyridines is 1. The standard InChI is InChI=1S/C28H27N3O4/c1-16-10-11-24(29-15-16)31-28(33)25-17(2)30-20-13-18(22-9-6-12-35-22)14-21(32)27(20)26(25)19-7-4-5-8-23(19)34-3/h4-12,15,18,26,30H,13-14H2,1-3H3,(H,29,31,33)/t18-,26+/m0/s1. The average molecular weight is 470 g/mol. The lowest BCUT2D eigenvalue weighted by molar-refractivity contribution is -0.116. The second-order valence-electron chi connectivity index (χ2n) is 8.95. The highest BCUT2D eigenvalue weighted by atomic mass is 16.5.